The molecule has 14 heavy (non-hydrogen) atoms. The molecule has 1 aromatic carbocycles. The molecule has 2 nitrogen and oxygen atoms in total. The zero-order chi connectivity index (χ0) is 10.6. The van der Waals surface area contributed by atoms with Crippen molar-refractivity contribution in [3.8, 4) is 11.2 Å². The van der Waals surface area contributed by atoms with Crippen LogP contribution >= 0.6 is 23.4 Å². The Morgan fingerprint density at radius 1 is 1.64 bits per heavy atom. The van der Waals surface area contributed by atoms with Gasteiger partial charge in [-0.05, 0) is 30.8 Å². The van der Waals surface area contributed by atoms with E-state index in [0.717, 1.165) is 17.8 Å². The summed E-state index contributed by atoms with van der Waals surface area (Å²) in [4.78, 5) is 0.223. The molecule has 5 heteroatoms. The summed E-state index contributed by atoms with van der Waals surface area (Å²) in [6.45, 7) is 2.25. The van der Waals surface area contributed by atoms with E-state index < -0.39 is 5.82 Å². The fraction of sp³-hybridized carbons (Fsp3) is 0.222. The normalized spacial score (nSPS) is 9.57. The van der Waals surface area contributed by atoms with Crippen LogP contribution in [-0.4, -0.2) is 6.61 Å². The van der Waals surface area contributed by atoms with Gasteiger partial charge in [-0.2, -0.15) is 5.26 Å². The van der Waals surface area contributed by atoms with E-state index >= 15 is 0 Å². The van der Waals surface area contributed by atoms with Crippen molar-refractivity contribution < 1.29 is 9.13 Å². The van der Waals surface area contributed by atoms with Crippen molar-refractivity contribution >= 4 is 23.4 Å². The molecule has 0 amide bonds. The molecule has 1 rings (SSSR count). The summed E-state index contributed by atoms with van der Waals surface area (Å²) in [5, 5.41) is 10.4. The van der Waals surface area contributed by atoms with Gasteiger partial charge in [0.1, 0.15) is 17.0 Å². The Bertz CT molecular complexity index is 378. The molecule has 0 aliphatic heterocycles. The van der Waals surface area contributed by atoms with Crippen LogP contribution in [-0.2, 0) is 0 Å². The van der Waals surface area contributed by atoms with Crippen molar-refractivity contribution in [1.82, 2.24) is 0 Å². The van der Waals surface area contributed by atoms with Gasteiger partial charge in [0.2, 0.25) is 0 Å². The van der Waals surface area contributed by atoms with Gasteiger partial charge in [0.25, 0.3) is 0 Å². The van der Waals surface area contributed by atoms with Crippen molar-refractivity contribution in [2.75, 3.05) is 6.61 Å². The highest BCUT2D eigenvalue weighted by molar-refractivity contribution is 8.03. The standard InChI is InChI=1S/C9H7ClFNOS/c1-2-13-8-4-9(14-5-12)7(11)3-6(8)10/h3-4H,2H2,1H3. The van der Waals surface area contributed by atoms with E-state index in [1.165, 1.54) is 6.07 Å². The Hall–Kier alpha value is -0.920. The molecule has 0 unspecified atom stereocenters. The van der Waals surface area contributed by atoms with Gasteiger partial charge in [0.15, 0.2) is 0 Å². The summed E-state index contributed by atoms with van der Waals surface area (Å²) in [7, 11) is 0. The van der Waals surface area contributed by atoms with Crippen LogP contribution in [0.3, 0.4) is 0 Å². The van der Waals surface area contributed by atoms with E-state index in [2.05, 4.69) is 0 Å². The topological polar surface area (TPSA) is 33.0 Å². The van der Waals surface area contributed by atoms with Crippen molar-refractivity contribution in [3.63, 3.8) is 0 Å². The third-order valence-corrected chi connectivity index (χ3v) is 2.36. The molecule has 0 saturated carbocycles. The third-order valence-electron chi connectivity index (χ3n) is 1.44. The number of rotatable bonds is 3. The summed E-state index contributed by atoms with van der Waals surface area (Å²) in [6.07, 6.45) is 0. The molecule has 1 aromatic rings. The van der Waals surface area contributed by atoms with Crippen LogP contribution in [0.25, 0.3) is 0 Å². The first-order valence-electron chi connectivity index (χ1n) is 3.86. The Labute approximate surface area is 90.6 Å². The quantitative estimate of drug-likeness (QED) is 0.590. The van der Waals surface area contributed by atoms with Gasteiger partial charge in [0, 0.05) is 0 Å². The van der Waals surface area contributed by atoms with Gasteiger partial charge in [0.05, 0.1) is 16.5 Å². The number of thiocyanates is 1. The number of benzene rings is 1. The van der Waals surface area contributed by atoms with E-state index in [1.807, 2.05) is 0 Å². The van der Waals surface area contributed by atoms with Crippen LogP contribution in [0.2, 0.25) is 5.02 Å². The smallest absolute Gasteiger partial charge is 0.139 e. The molecule has 0 aromatic heterocycles. The van der Waals surface area contributed by atoms with Gasteiger partial charge >= 0.3 is 0 Å². The van der Waals surface area contributed by atoms with Crippen LogP contribution in [0.15, 0.2) is 17.0 Å². The molecule has 74 valence electrons. The zero-order valence-corrected chi connectivity index (χ0v) is 8.95. The Balaban J connectivity index is 3.08. The number of halogens is 2. The summed E-state index contributed by atoms with van der Waals surface area (Å²) in [5.74, 6) is -0.113. The number of thioether (sulfide) groups is 1. The molecular formula is C9H7ClFNOS. The highest BCUT2D eigenvalue weighted by atomic mass is 35.5. The molecule has 0 heterocycles. The fourth-order valence-electron chi connectivity index (χ4n) is 0.904. The van der Waals surface area contributed by atoms with Gasteiger partial charge in [-0.3, -0.25) is 0 Å². The average Bonchev–Trinajstić information content (AvgIpc) is 2.14. The highest BCUT2D eigenvalue weighted by Gasteiger charge is 2.09. The summed E-state index contributed by atoms with van der Waals surface area (Å²) in [5.41, 5.74) is 0. The predicted molar refractivity (Wildman–Crippen MR) is 54.0 cm³/mol. The molecule has 0 spiro atoms. The molecule has 0 atom stereocenters. The molecule has 0 aliphatic carbocycles. The Kier molecular flexibility index (Phi) is 4.05. The maximum absolute atomic E-state index is 13.1. The van der Waals surface area contributed by atoms with Crippen LogP contribution < -0.4 is 4.74 Å². The molecule has 0 radical (unpaired) electrons. The maximum Gasteiger partial charge on any atom is 0.139 e. The molecule has 0 saturated heterocycles. The molecule has 0 bridgehead atoms. The van der Waals surface area contributed by atoms with Crippen molar-refractivity contribution in [3.05, 3.63) is 23.0 Å². The maximum atomic E-state index is 13.1. The number of ether oxygens (including phenoxy) is 1. The minimum Gasteiger partial charge on any atom is -0.492 e. The number of nitriles is 1. The third kappa shape index (κ3) is 2.53. The second kappa shape index (κ2) is 5.08. The fourth-order valence-corrected chi connectivity index (χ4v) is 1.53. The Morgan fingerprint density at radius 2 is 2.36 bits per heavy atom. The first-order chi connectivity index (χ1) is 6.69. The van der Waals surface area contributed by atoms with Crippen LogP contribution in [0.1, 0.15) is 6.92 Å². The van der Waals surface area contributed by atoms with E-state index in [4.69, 9.17) is 21.6 Å². The lowest BCUT2D eigenvalue weighted by Crippen LogP contribution is -1.93. The summed E-state index contributed by atoms with van der Waals surface area (Å²) < 4.78 is 18.3. The van der Waals surface area contributed by atoms with Gasteiger partial charge in [-0.25, -0.2) is 4.39 Å². The number of nitrogens with zero attached hydrogens (tertiary/aromatic N) is 1. The van der Waals surface area contributed by atoms with Crippen LogP contribution in [0, 0.1) is 16.5 Å². The molecule has 0 N–H and O–H groups in total. The first-order valence-corrected chi connectivity index (χ1v) is 5.06. The SMILES string of the molecule is CCOc1cc(SC#N)c(F)cc1Cl. The minimum atomic E-state index is -0.509. The molecule has 0 aliphatic rings. The average molecular weight is 232 g/mol. The van der Waals surface area contributed by atoms with Crippen LogP contribution in [0.5, 0.6) is 5.75 Å². The van der Waals surface area contributed by atoms with E-state index in [1.54, 1.807) is 12.3 Å². The van der Waals surface area contributed by atoms with Crippen LogP contribution in [0.4, 0.5) is 4.39 Å². The largest absolute Gasteiger partial charge is 0.492 e. The second-order valence-electron chi connectivity index (χ2n) is 2.34. The summed E-state index contributed by atoms with van der Waals surface area (Å²) >= 11 is 6.47. The lowest BCUT2D eigenvalue weighted by molar-refractivity contribution is 0.338. The molecular weight excluding hydrogens is 225 g/mol. The predicted octanol–water partition coefficient (Wildman–Crippen LogP) is 3.45. The zero-order valence-electron chi connectivity index (χ0n) is 7.38. The van der Waals surface area contributed by atoms with Gasteiger partial charge < -0.3 is 4.74 Å². The number of hydrogen-bond acceptors (Lipinski definition) is 3. The minimum absolute atomic E-state index is 0.214. The molecule has 0 fully saturated rings. The van der Waals surface area contributed by atoms with E-state index in [0.29, 0.717) is 12.4 Å². The van der Waals surface area contributed by atoms with Crippen molar-refractivity contribution in [2.45, 2.75) is 11.8 Å². The lowest BCUT2D eigenvalue weighted by atomic mass is 10.3. The monoisotopic (exact) mass is 231 g/mol. The second-order valence-corrected chi connectivity index (χ2v) is 3.57. The van der Waals surface area contributed by atoms with Gasteiger partial charge in [-0.1, -0.05) is 11.6 Å². The first kappa shape index (κ1) is 11.2. The van der Waals surface area contributed by atoms with Crippen molar-refractivity contribution in [2.24, 2.45) is 0 Å². The number of hydrogen-bond donors (Lipinski definition) is 0. The van der Waals surface area contributed by atoms with E-state index in [-0.39, 0.29) is 9.92 Å². The van der Waals surface area contributed by atoms with E-state index in [9.17, 15) is 4.39 Å². The lowest BCUT2D eigenvalue weighted by Gasteiger charge is -2.06. The van der Waals surface area contributed by atoms with Gasteiger partial charge in [-0.15, -0.1) is 0 Å². The summed E-state index contributed by atoms with van der Waals surface area (Å²) in [6, 6.07) is 2.57. The van der Waals surface area contributed by atoms with Crippen molar-refractivity contribution in [1.29, 1.82) is 5.26 Å². The highest BCUT2D eigenvalue weighted by Crippen LogP contribution is 2.32. The Morgan fingerprint density at radius 3 is 2.93 bits per heavy atom.